The number of benzene rings is 1. The van der Waals surface area contributed by atoms with Crippen LogP contribution in [0.3, 0.4) is 0 Å². The van der Waals surface area contributed by atoms with E-state index in [-0.39, 0.29) is 23.2 Å². The summed E-state index contributed by atoms with van der Waals surface area (Å²) in [6.45, 7) is 5.42. The number of rotatable bonds is 2. The molecule has 3 rings (SSSR count). The number of allylic oxidation sites excluding steroid dienone is 2. The summed E-state index contributed by atoms with van der Waals surface area (Å²) in [5, 5.41) is 30.6. The summed E-state index contributed by atoms with van der Waals surface area (Å²) in [6, 6.07) is 11.8. The maximum atomic E-state index is 10.1. The van der Waals surface area contributed by atoms with E-state index in [1.807, 2.05) is 6.08 Å². The van der Waals surface area contributed by atoms with Crippen molar-refractivity contribution in [1.82, 2.24) is 4.90 Å². The molecule has 1 aliphatic heterocycles. The topological polar surface area (TPSA) is 101 Å². The third-order valence-corrected chi connectivity index (χ3v) is 6.57. The van der Waals surface area contributed by atoms with Crippen LogP contribution in [0.25, 0.3) is 0 Å². The van der Waals surface area contributed by atoms with E-state index in [0.717, 1.165) is 5.57 Å². The Balaban J connectivity index is 2.35. The number of nitrogens with two attached hydrogens (primary N) is 1. The van der Waals surface area contributed by atoms with Gasteiger partial charge in [-0.3, -0.25) is 4.90 Å². The van der Waals surface area contributed by atoms with Gasteiger partial charge in [0.25, 0.3) is 0 Å². The minimum atomic E-state index is -1.71. The SMILES string of the molecule is CC(C)N1CC=C2C(C#N)=C(N)C(C#N)(C#N)[C@H](c3cccc(Cl)c3Cl)[C@@H]2C1. The molecule has 1 aromatic rings. The Hall–Kier alpha value is -2.49. The van der Waals surface area contributed by atoms with E-state index in [2.05, 4.69) is 37.0 Å². The van der Waals surface area contributed by atoms with Crippen LogP contribution in [0.15, 0.2) is 41.1 Å². The van der Waals surface area contributed by atoms with Crippen LogP contribution >= 0.6 is 23.2 Å². The Morgan fingerprint density at radius 2 is 1.89 bits per heavy atom. The molecule has 0 radical (unpaired) electrons. The molecule has 0 saturated carbocycles. The average molecular weight is 412 g/mol. The molecular weight excluding hydrogens is 393 g/mol. The van der Waals surface area contributed by atoms with E-state index in [9.17, 15) is 15.8 Å². The normalized spacial score (nSPS) is 24.0. The molecule has 2 atom stereocenters. The van der Waals surface area contributed by atoms with Crippen molar-refractivity contribution in [3.63, 3.8) is 0 Å². The average Bonchev–Trinajstić information content (AvgIpc) is 2.69. The highest BCUT2D eigenvalue weighted by Crippen LogP contribution is 2.55. The minimum Gasteiger partial charge on any atom is -0.399 e. The maximum absolute atomic E-state index is 10.1. The third kappa shape index (κ3) is 2.86. The van der Waals surface area contributed by atoms with E-state index in [1.165, 1.54) is 0 Å². The minimum absolute atomic E-state index is 0.0125. The van der Waals surface area contributed by atoms with Gasteiger partial charge in [-0.15, -0.1) is 0 Å². The highest BCUT2D eigenvalue weighted by atomic mass is 35.5. The fraction of sp³-hybridized carbons (Fsp3) is 0.381. The number of fused-ring (bicyclic) bond motifs is 1. The molecule has 0 saturated heterocycles. The Morgan fingerprint density at radius 3 is 2.46 bits per heavy atom. The monoisotopic (exact) mass is 411 g/mol. The van der Waals surface area contributed by atoms with Crippen LogP contribution in [0.5, 0.6) is 0 Å². The lowest BCUT2D eigenvalue weighted by molar-refractivity contribution is 0.174. The van der Waals surface area contributed by atoms with Gasteiger partial charge in [-0.1, -0.05) is 41.4 Å². The fourth-order valence-electron chi connectivity index (χ4n) is 4.23. The summed E-state index contributed by atoms with van der Waals surface area (Å²) in [5.74, 6) is -0.924. The highest BCUT2D eigenvalue weighted by Gasteiger charge is 2.55. The molecule has 1 aliphatic carbocycles. The van der Waals surface area contributed by atoms with Gasteiger partial charge in [0, 0.05) is 31.0 Å². The van der Waals surface area contributed by atoms with Gasteiger partial charge in [-0.25, -0.2) is 0 Å². The molecule has 0 bridgehead atoms. The largest absolute Gasteiger partial charge is 0.399 e. The van der Waals surface area contributed by atoms with Crippen LogP contribution in [-0.4, -0.2) is 24.0 Å². The Morgan fingerprint density at radius 1 is 1.21 bits per heavy atom. The maximum Gasteiger partial charge on any atom is 0.191 e. The zero-order chi connectivity index (χ0) is 20.6. The van der Waals surface area contributed by atoms with E-state index in [0.29, 0.717) is 28.7 Å². The van der Waals surface area contributed by atoms with Crippen molar-refractivity contribution in [2.75, 3.05) is 13.1 Å². The Bertz CT molecular complexity index is 989. The van der Waals surface area contributed by atoms with E-state index in [4.69, 9.17) is 28.9 Å². The van der Waals surface area contributed by atoms with Crippen molar-refractivity contribution in [2.45, 2.75) is 25.8 Å². The number of nitrogens with zero attached hydrogens (tertiary/aromatic N) is 4. The summed E-state index contributed by atoms with van der Waals surface area (Å²) in [7, 11) is 0. The van der Waals surface area contributed by atoms with Crippen LogP contribution < -0.4 is 5.73 Å². The number of hydrogen-bond acceptors (Lipinski definition) is 5. The van der Waals surface area contributed by atoms with Gasteiger partial charge in [0.15, 0.2) is 5.41 Å². The first-order valence-electron chi connectivity index (χ1n) is 8.93. The number of nitriles is 3. The van der Waals surface area contributed by atoms with Gasteiger partial charge in [-0.05, 0) is 31.1 Å². The lowest BCUT2D eigenvalue weighted by atomic mass is 9.58. The lowest BCUT2D eigenvalue weighted by Crippen LogP contribution is -2.49. The van der Waals surface area contributed by atoms with Gasteiger partial charge in [0.05, 0.1) is 33.5 Å². The van der Waals surface area contributed by atoms with Crippen LogP contribution in [0, 0.1) is 45.3 Å². The summed E-state index contributed by atoms with van der Waals surface area (Å²) in [5.41, 5.74) is 6.17. The van der Waals surface area contributed by atoms with Crippen LogP contribution in [0.2, 0.25) is 10.0 Å². The second-order valence-corrected chi connectivity index (χ2v) is 8.15. The van der Waals surface area contributed by atoms with Gasteiger partial charge >= 0.3 is 0 Å². The highest BCUT2D eigenvalue weighted by molar-refractivity contribution is 6.42. The molecule has 28 heavy (non-hydrogen) atoms. The number of halogens is 2. The predicted octanol–water partition coefficient (Wildman–Crippen LogP) is 4.13. The molecule has 5 nitrogen and oxygen atoms in total. The van der Waals surface area contributed by atoms with Gasteiger partial charge < -0.3 is 5.73 Å². The second-order valence-electron chi connectivity index (χ2n) is 7.37. The molecule has 142 valence electrons. The molecule has 7 heteroatoms. The van der Waals surface area contributed by atoms with Gasteiger partial charge in [-0.2, -0.15) is 15.8 Å². The van der Waals surface area contributed by atoms with Crippen molar-refractivity contribution < 1.29 is 0 Å². The van der Waals surface area contributed by atoms with Crippen molar-refractivity contribution in [3.8, 4) is 18.2 Å². The quantitative estimate of drug-likeness (QED) is 0.787. The molecule has 2 N–H and O–H groups in total. The molecular formula is C21H19Cl2N5. The van der Waals surface area contributed by atoms with Crippen LogP contribution in [-0.2, 0) is 0 Å². The Labute approximate surface area is 174 Å². The van der Waals surface area contributed by atoms with E-state index in [1.54, 1.807) is 18.2 Å². The van der Waals surface area contributed by atoms with Gasteiger partial charge in [0.1, 0.15) is 6.07 Å². The van der Waals surface area contributed by atoms with Crippen molar-refractivity contribution in [2.24, 2.45) is 17.1 Å². The van der Waals surface area contributed by atoms with Crippen molar-refractivity contribution >= 4 is 23.2 Å². The summed E-state index contributed by atoms with van der Waals surface area (Å²) >= 11 is 12.8. The summed E-state index contributed by atoms with van der Waals surface area (Å²) < 4.78 is 0. The molecule has 0 amide bonds. The molecule has 2 aliphatic rings. The molecule has 1 heterocycles. The van der Waals surface area contributed by atoms with Gasteiger partial charge in [0.2, 0.25) is 0 Å². The fourth-order valence-corrected chi connectivity index (χ4v) is 4.65. The first kappa shape index (κ1) is 20.2. The Kier molecular flexibility index (Phi) is 5.42. The van der Waals surface area contributed by atoms with Crippen LogP contribution in [0.4, 0.5) is 0 Å². The van der Waals surface area contributed by atoms with Crippen molar-refractivity contribution in [1.29, 1.82) is 15.8 Å². The molecule has 0 aromatic heterocycles. The molecule has 0 fully saturated rings. The first-order valence-corrected chi connectivity index (χ1v) is 9.69. The smallest absolute Gasteiger partial charge is 0.191 e. The van der Waals surface area contributed by atoms with E-state index < -0.39 is 11.3 Å². The first-order chi connectivity index (χ1) is 13.3. The second kappa shape index (κ2) is 7.50. The van der Waals surface area contributed by atoms with Crippen LogP contribution in [0.1, 0.15) is 25.3 Å². The number of hydrogen-bond donors (Lipinski definition) is 1. The molecule has 0 spiro atoms. The van der Waals surface area contributed by atoms with Crippen molar-refractivity contribution in [3.05, 3.63) is 56.7 Å². The lowest BCUT2D eigenvalue weighted by Gasteiger charge is -2.46. The zero-order valence-electron chi connectivity index (χ0n) is 15.6. The standard InChI is InChI=1S/C21H19Cl2N5/c1-12(2)28-7-6-13-15(8-24)20(27)21(10-25,11-26)18(16(13)9-28)14-4-3-5-17(22)19(14)23/h3-6,12,16,18H,7,9,27H2,1-2H3/t16-,18-/m1/s1. The predicted molar refractivity (Wildman–Crippen MR) is 108 cm³/mol. The third-order valence-electron chi connectivity index (χ3n) is 5.74. The summed E-state index contributed by atoms with van der Waals surface area (Å²) in [6.07, 6.45) is 1.98. The molecule has 1 aromatic carbocycles. The molecule has 0 unspecified atom stereocenters. The summed E-state index contributed by atoms with van der Waals surface area (Å²) in [4.78, 5) is 2.23. The van der Waals surface area contributed by atoms with E-state index >= 15 is 0 Å². The zero-order valence-corrected chi connectivity index (χ0v) is 17.1.